The maximum atomic E-state index is 5.39. The predicted octanol–water partition coefficient (Wildman–Crippen LogP) is 1.58. The Morgan fingerprint density at radius 1 is 1.47 bits per heavy atom. The van der Waals surface area contributed by atoms with E-state index in [1.807, 2.05) is 0 Å². The Morgan fingerprint density at radius 2 is 2.32 bits per heavy atom. The van der Waals surface area contributed by atoms with Crippen LogP contribution in [0.15, 0.2) is 11.4 Å². The lowest BCUT2D eigenvalue weighted by molar-refractivity contribution is 0.0891. The highest BCUT2D eigenvalue weighted by Crippen LogP contribution is 2.19. The van der Waals surface area contributed by atoms with Crippen LogP contribution in [0.4, 0.5) is 0 Å². The molecule has 1 saturated heterocycles. The molecular weight excluding hydrogens is 254 g/mol. The number of likely N-dealkylation sites (N-methyl/N-ethyl adjacent to an activating group) is 1. The number of rotatable bonds is 3. The topological polar surface area (TPSA) is 32.5 Å². The lowest BCUT2D eigenvalue weighted by atomic mass is 10.1. The van der Waals surface area contributed by atoms with E-state index in [2.05, 4.69) is 47.1 Å². The van der Waals surface area contributed by atoms with Crippen LogP contribution in [0.25, 0.3) is 0 Å². The van der Waals surface area contributed by atoms with E-state index >= 15 is 0 Å². The second-order valence-electron chi connectivity index (χ2n) is 5.09. The Labute approximate surface area is 120 Å². The SMILES string of the molecule is CCC1CN(Cc2cc(C#CCN)cs2)CCN1C. The van der Waals surface area contributed by atoms with Gasteiger partial charge in [-0.3, -0.25) is 4.90 Å². The van der Waals surface area contributed by atoms with Crippen molar-refractivity contribution < 1.29 is 0 Å². The standard InChI is InChI=1S/C15H23N3S/c1-3-14-10-18(8-7-17(14)2)11-15-9-13(12-19-15)5-4-6-16/h9,12,14H,3,6-8,10-11,16H2,1-2H3. The van der Waals surface area contributed by atoms with E-state index in [0.29, 0.717) is 12.6 Å². The van der Waals surface area contributed by atoms with E-state index in [4.69, 9.17) is 5.73 Å². The zero-order chi connectivity index (χ0) is 13.7. The summed E-state index contributed by atoms with van der Waals surface area (Å²) in [6.07, 6.45) is 1.23. The predicted molar refractivity (Wildman–Crippen MR) is 82.2 cm³/mol. The summed E-state index contributed by atoms with van der Waals surface area (Å²) in [5.74, 6) is 6.01. The van der Waals surface area contributed by atoms with E-state index < -0.39 is 0 Å². The molecule has 2 rings (SSSR count). The summed E-state index contributed by atoms with van der Waals surface area (Å²) in [5, 5.41) is 2.13. The third-order valence-electron chi connectivity index (χ3n) is 3.70. The van der Waals surface area contributed by atoms with Gasteiger partial charge in [-0.15, -0.1) is 11.3 Å². The summed E-state index contributed by atoms with van der Waals surface area (Å²) in [7, 11) is 2.23. The summed E-state index contributed by atoms with van der Waals surface area (Å²) < 4.78 is 0. The first-order chi connectivity index (χ1) is 9.22. The van der Waals surface area contributed by atoms with Crippen molar-refractivity contribution in [3.63, 3.8) is 0 Å². The molecule has 4 heteroatoms. The van der Waals surface area contributed by atoms with Crippen molar-refractivity contribution in [3.05, 3.63) is 21.9 Å². The first-order valence-electron chi connectivity index (χ1n) is 6.92. The van der Waals surface area contributed by atoms with Crippen LogP contribution >= 0.6 is 11.3 Å². The molecule has 2 N–H and O–H groups in total. The summed E-state index contributed by atoms with van der Waals surface area (Å²) in [4.78, 5) is 6.43. The van der Waals surface area contributed by atoms with E-state index in [0.717, 1.165) is 18.7 Å². The van der Waals surface area contributed by atoms with Crippen LogP contribution in [0.2, 0.25) is 0 Å². The molecule has 1 fully saturated rings. The highest BCUT2D eigenvalue weighted by atomic mass is 32.1. The molecule has 1 aromatic rings. The highest BCUT2D eigenvalue weighted by molar-refractivity contribution is 7.10. The molecule has 0 aliphatic carbocycles. The molecule has 0 spiro atoms. The van der Waals surface area contributed by atoms with E-state index in [9.17, 15) is 0 Å². The normalized spacial score (nSPS) is 21.1. The van der Waals surface area contributed by atoms with Gasteiger partial charge in [0.15, 0.2) is 0 Å². The Hall–Kier alpha value is -0.860. The van der Waals surface area contributed by atoms with Gasteiger partial charge >= 0.3 is 0 Å². The Morgan fingerprint density at radius 3 is 3.05 bits per heavy atom. The molecule has 1 atom stereocenters. The number of nitrogens with two attached hydrogens (primary N) is 1. The lowest BCUT2D eigenvalue weighted by Crippen LogP contribution is -2.50. The van der Waals surface area contributed by atoms with Crippen molar-refractivity contribution in [2.24, 2.45) is 5.73 Å². The van der Waals surface area contributed by atoms with Gasteiger partial charge in [0.2, 0.25) is 0 Å². The molecule has 19 heavy (non-hydrogen) atoms. The van der Waals surface area contributed by atoms with Gasteiger partial charge in [-0.25, -0.2) is 0 Å². The van der Waals surface area contributed by atoms with E-state index in [-0.39, 0.29) is 0 Å². The van der Waals surface area contributed by atoms with Gasteiger partial charge in [-0.05, 0) is 19.5 Å². The Bertz CT molecular complexity index is 457. The molecule has 0 saturated carbocycles. The third kappa shape index (κ3) is 4.05. The minimum Gasteiger partial charge on any atom is -0.320 e. The summed E-state index contributed by atoms with van der Waals surface area (Å²) in [5.41, 5.74) is 6.50. The molecular formula is C15H23N3S. The fraction of sp³-hybridized carbons (Fsp3) is 0.600. The number of nitrogens with zero attached hydrogens (tertiary/aromatic N) is 2. The Balaban J connectivity index is 1.92. The molecule has 1 aliphatic heterocycles. The van der Waals surface area contributed by atoms with Gasteiger partial charge in [0.1, 0.15) is 0 Å². The first kappa shape index (κ1) is 14.5. The van der Waals surface area contributed by atoms with Crippen molar-refractivity contribution in [3.8, 4) is 11.8 Å². The van der Waals surface area contributed by atoms with Gasteiger partial charge in [0, 0.05) is 48.0 Å². The summed E-state index contributed by atoms with van der Waals surface area (Å²) in [6, 6.07) is 2.90. The van der Waals surface area contributed by atoms with E-state index in [1.165, 1.54) is 24.4 Å². The number of piperazine rings is 1. The molecule has 0 radical (unpaired) electrons. The molecule has 0 amide bonds. The number of hydrogen-bond acceptors (Lipinski definition) is 4. The molecule has 2 heterocycles. The van der Waals surface area contributed by atoms with Crippen LogP contribution in [-0.4, -0.2) is 49.1 Å². The van der Waals surface area contributed by atoms with Gasteiger partial charge in [-0.2, -0.15) is 0 Å². The minimum absolute atomic E-state index is 0.432. The largest absolute Gasteiger partial charge is 0.320 e. The third-order valence-corrected chi connectivity index (χ3v) is 4.62. The first-order valence-corrected chi connectivity index (χ1v) is 7.79. The van der Waals surface area contributed by atoms with Crippen LogP contribution in [0, 0.1) is 11.8 Å². The minimum atomic E-state index is 0.432. The average Bonchev–Trinajstić information content (AvgIpc) is 2.86. The fourth-order valence-electron chi connectivity index (χ4n) is 2.50. The molecule has 1 aliphatic rings. The monoisotopic (exact) mass is 277 g/mol. The van der Waals surface area contributed by atoms with Crippen LogP contribution < -0.4 is 5.73 Å². The maximum Gasteiger partial charge on any atom is 0.0555 e. The second kappa shape index (κ2) is 7.06. The van der Waals surface area contributed by atoms with Gasteiger partial charge in [0.25, 0.3) is 0 Å². The summed E-state index contributed by atoms with van der Waals surface area (Å²) in [6.45, 7) is 7.27. The van der Waals surface area contributed by atoms with Crippen LogP contribution in [0.3, 0.4) is 0 Å². The Kier molecular flexibility index (Phi) is 5.41. The molecule has 1 unspecified atom stereocenters. The lowest BCUT2D eigenvalue weighted by Gasteiger charge is -2.38. The number of hydrogen-bond donors (Lipinski definition) is 1. The van der Waals surface area contributed by atoms with Gasteiger partial charge in [0.05, 0.1) is 6.54 Å². The molecule has 0 bridgehead atoms. The van der Waals surface area contributed by atoms with Gasteiger partial charge in [-0.1, -0.05) is 18.8 Å². The van der Waals surface area contributed by atoms with Crippen molar-refractivity contribution in [1.29, 1.82) is 0 Å². The van der Waals surface area contributed by atoms with Crippen LogP contribution in [0.1, 0.15) is 23.8 Å². The molecule has 104 valence electrons. The van der Waals surface area contributed by atoms with Crippen LogP contribution in [-0.2, 0) is 6.54 Å². The maximum absolute atomic E-state index is 5.39. The van der Waals surface area contributed by atoms with Crippen LogP contribution in [0.5, 0.6) is 0 Å². The average molecular weight is 277 g/mol. The molecule has 3 nitrogen and oxygen atoms in total. The molecule has 1 aromatic heterocycles. The van der Waals surface area contributed by atoms with Crippen molar-refractivity contribution in [1.82, 2.24) is 9.80 Å². The number of thiophene rings is 1. The summed E-state index contributed by atoms with van der Waals surface area (Å²) >= 11 is 1.80. The van der Waals surface area contributed by atoms with E-state index in [1.54, 1.807) is 11.3 Å². The van der Waals surface area contributed by atoms with Crippen molar-refractivity contribution in [2.75, 3.05) is 33.2 Å². The van der Waals surface area contributed by atoms with Gasteiger partial charge < -0.3 is 10.6 Å². The van der Waals surface area contributed by atoms with Crippen molar-refractivity contribution >= 4 is 11.3 Å². The zero-order valence-electron chi connectivity index (χ0n) is 11.9. The van der Waals surface area contributed by atoms with Crippen molar-refractivity contribution in [2.45, 2.75) is 25.9 Å². The zero-order valence-corrected chi connectivity index (χ0v) is 12.7. The fourth-order valence-corrected chi connectivity index (χ4v) is 3.35. The second-order valence-corrected chi connectivity index (χ2v) is 6.08. The smallest absolute Gasteiger partial charge is 0.0555 e. The molecule has 0 aromatic carbocycles. The highest BCUT2D eigenvalue weighted by Gasteiger charge is 2.22. The quantitative estimate of drug-likeness (QED) is 0.852.